The fourth-order valence-corrected chi connectivity index (χ4v) is 3.03. The van der Waals surface area contributed by atoms with Crippen LogP contribution in [-0.2, 0) is 11.2 Å². The summed E-state index contributed by atoms with van der Waals surface area (Å²) in [5.41, 5.74) is 4.82. The second kappa shape index (κ2) is 7.35. The summed E-state index contributed by atoms with van der Waals surface area (Å²) in [5, 5.41) is 4.34. The average molecular weight is 320 g/mol. The van der Waals surface area contributed by atoms with Gasteiger partial charge in [0, 0.05) is 23.5 Å². The first-order valence-electron chi connectivity index (χ1n) is 8.54. The third-order valence-corrected chi connectivity index (χ3v) is 4.48. The standard InChI is InChI=1S/C21H24N2O/c1-15-10-12-17(13-11-15)16(2)23-21(24)9-5-6-18-14-22-20-8-4-3-7-19(18)20/h3-4,7-8,10-14,16,22H,5-6,9H2,1-2H3,(H,23,24). The number of hydrogen-bond acceptors (Lipinski definition) is 1. The molecule has 0 fully saturated rings. The predicted molar refractivity (Wildman–Crippen MR) is 99.0 cm³/mol. The van der Waals surface area contributed by atoms with Gasteiger partial charge in [-0.1, -0.05) is 48.0 Å². The second-order valence-corrected chi connectivity index (χ2v) is 6.41. The molecule has 3 rings (SSSR count). The molecule has 0 radical (unpaired) electrons. The summed E-state index contributed by atoms with van der Waals surface area (Å²) in [6.07, 6.45) is 4.37. The molecule has 124 valence electrons. The molecule has 0 spiro atoms. The van der Waals surface area contributed by atoms with Crippen LogP contribution in [0.15, 0.2) is 54.7 Å². The molecule has 2 N–H and O–H groups in total. The van der Waals surface area contributed by atoms with Crippen molar-refractivity contribution in [2.75, 3.05) is 0 Å². The molecule has 0 aliphatic rings. The van der Waals surface area contributed by atoms with Gasteiger partial charge in [-0.3, -0.25) is 4.79 Å². The molecule has 0 aliphatic heterocycles. The van der Waals surface area contributed by atoms with Crippen LogP contribution in [0.3, 0.4) is 0 Å². The minimum atomic E-state index is 0.0474. The monoisotopic (exact) mass is 320 g/mol. The van der Waals surface area contributed by atoms with Crippen LogP contribution >= 0.6 is 0 Å². The molecule has 0 saturated heterocycles. The molecule has 1 aromatic heterocycles. The number of fused-ring (bicyclic) bond motifs is 1. The Morgan fingerprint density at radius 2 is 1.88 bits per heavy atom. The Balaban J connectivity index is 1.49. The first kappa shape index (κ1) is 16.3. The third kappa shape index (κ3) is 3.85. The van der Waals surface area contributed by atoms with E-state index in [4.69, 9.17) is 0 Å². The molecule has 1 unspecified atom stereocenters. The highest BCUT2D eigenvalue weighted by atomic mass is 16.1. The predicted octanol–water partition coefficient (Wildman–Crippen LogP) is 4.68. The van der Waals surface area contributed by atoms with E-state index in [2.05, 4.69) is 65.9 Å². The molecule has 3 heteroatoms. The number of aryl methyl sites for hydroxylation is 2. The summed E-state index contributed by atoms with van der Waals surface area (Å²) < 4.78 is 0. The maximum atomic E-state index is 12.2. The molecule has 2 aromatic carbocycles. The molecule has 3 aromatic rings. The molecular weight excluding hydrogens is 296 g/mol. The van der Waals surface area contributed by atoms with Crippen molar-refractivity contribution in [3.8, 4) is 0 Å². The highest BCUT2D eigenvalue weighted by Gasteiger charge is 2.10. The fraction of sp³-hybridized carbons (Fsp3) is 0.286. The zero-order valence-corrected chi connectivity index (χ0v) is 14.3. The Labute approximate surface area is 143 Å². The zero-order valence-electron chi connectivity index (χ0n) is 14.3. The minimum Gasteiger partial charge on any atom is -0.361 e. The van der Waals surface area contributed by atoms with Crippen molar-refractivity contribution in [1.82, 2.24) is 10.3 Å². The number of rotatable bonds is 6. The summed E-state index contributed by atoms with van der Waals surface area (Å²) in [6, 6.07) is 16.6. The molecule has 3 nitrogen and oxygen atoms in total. The minimum absolute atomic E-state index is 0.0474. The number of benzene rings is 2. The van der Waals surface area contributed by atoms with Gasteiger partial charge in [-0.15, -0.1) is 0 Å². The quantitative estimate of drug-likeness (QED) is 0.681. The lowest BCUT2D eigenvalue weighted by Gasteiger charge is -2.14. The number of nitrogens with one attached hydrogen (secondary N) is 2. The van der Waals surface area contributed by atoms with Gasteiger partial charge in [-0.25, -0.2) is 0 Å². The van der Waals surface area contributed by atoms with Crippen LogP contribution in [-0.4, -0.2) is 10.9 Å². The van der Waals surface area contributed by atoms with Gasteiger partial charge in [-0.2, -0.15) is 0 Å². The Morgan fingerprint density at radius 3 is 2.67 bits per heavy atom. The molecule has 0 saturated carbocycles. The number of aromatic nitrogens is 1. The lowest BCUT2D eigenvalue weighted by molar-refractivity contribution is -0.121. The molecule has 24 heavy (non-hydrogen) atoms. The summed E-state index contributed by atoms with van der Waals surface area (Å²) >= 11 is 0. The van der Waals surface area contributed by atoms with Gasteiger partial charge >= 0.3 is 0 Å². The summed E-state index contributed by atoms with van der Waals surface area (Å²) in [5.74, 6) is 0.114. The smallest absolute Gasteiger partial charge is 0.220 e. The van der Waals surface area contributed by atoms with Gasteiger partial charge in [0.1, 0.15) is 0 Å². The zero-order chi connectivity index (χ0) is 16.9. The Morgan fingerprint density at radius 1 is 1.12 bits per heavy atom. The van der Waals surface area contributed by atoms with E-state index in [1.165, 1.54) is 16.5 Å². The van der Waals surface area contributed by atoms with Crippen molar-refractivity contribution in [2.45, 2.75) is 39.2 Å². The van der Waals surface area contributed by atoms with E-state index in [1.807, 2.05) is 13.0 Å². The Kier molecular flexibility index (Phi) is 4.99. The van der Waals surface area contributed by atoms with Gasteiger partial charge < -0.3 is 10.3 Å². The van der Waals surface area contributed by atoms with Crippen molar-refractivity contribution in [3.05, 3.63) is 71.4 Å². The van der Waals surface area contributed by atoms with Crippen molar-refractivity contribution in [2.24, 2.45) is 0 Å². The number of para-hydroxylation sites is 1. The van der Waals surface area contributed by atoms with E-state index in [9.17, 15) is 4.79 Å². The average Bonchev–Trinajstić information content (AvgIpc) is 2.99. The topological polar surface area (TPSA) is 44.9 Å². The van der Waals surface area contributed by atoms with Gasteiger partial charge in [0.05, 0.1) is 6.04 Å². The third-order valence-electron chi connectivity index (χ3n) is 4.48. The number of carbonyl (C=O) groups excluding carboxylic acids is 1. The Bertz CT molecular complexity index is 817. The van der Waals surface area contributed by atoms with Crippen LogP contribution in [0.1, 0.15) is 42.5 Å². The van der Waals surface area contributed by atoms with Crippen LogP contribution in [0.4, 0.5) is 0 Å². The van der Waals surface area contributed by atoms with E-state index in [0.29, 0.717) is 6.42 Å². The highest BCUT2D eigenvalue weighted by molar-refractivity contribution is 5.83. The normalized spacial score (nSPS) is 12.2. The van der Waals surface area contributed by atoms with Crippen molar-refractivity contribution < 1.29 is 4.79 Å². The molecule has 0 bridgehead atoms. The summed E-state index contributed by atoms with van der Waals surface area (Å²) in [6.45, 7) is 4.10. The van der Waals surface area contributed by atoms with E-state index in [-0.39, 0.29) is 11.9 Å². The SMILES string of the molecule is Cc1ccc(C(C)NC(=O)CCCc2c[nH]c3ccccc23)cc1. The van der Waals surface area contributed by atoms with Crippen LogP contribution in [0, 0.1) is 6.92 Å². The van der Waals surface area contributed by atoms with Gasteiger partial charge in [-0.05, 0) is 43.9 Å². The molecule has 0 aliphatic carbocycles. The van der Waals surface area contributed by atoms with Crippen molar-refractivity contribution in [3.63, 3.8) is 0 Å². The Hall–Kier alpha value is -2.55. The van der Waals surface area contributed by atoms with Gasteiger partial charge in [0.2, 0.25) is 5.91 Å². The van der Waals surface area contributed by atoms with E-state index in [0.717, 1.165) is 23.9 Å². The first-order valence-corrected chi connectivity index (χ1v) is 8.54. The van der Waals surface area contributed by atoms with Crippen LogP contribution < -0.4 is 5.32 Å². The summed E-state index contributed by atoms with van der Waals surface area (Å²) in [4.78, 5) is 15.5. The fourth-order valence-electron chi connectivity index (χ4n) is 3.03. The number of hydrogen-bond donors (Lipinski definition) is 2. The van der Waals surface area contributed by atoms with E-state index >= 15 is 0 Å². The number of aromatic amines is 1. The highest BCUT2D eigenvalue weighted by Crippen LogP contribution is 2.19. The van der Waals surface area contributed by atoms with Crippen molar-refractivity contribution in [1.29, 1.82) is 0 Å². The van der Waals surface area contributed by atoms with E-state index < -0.39 is 0 Å². The van der Waals surface area contributed by atoms with Crippen molar-refractivity contribution >= 4 is 16.8 Å². The molecule has 1 amide bonds. The van der Waals surface area contributed by atoms with Crippen LogP contribution in [0.5, 0.6) is 0 Å². The number of carbonyl (C=O) groups is 1. The lowest BCUT2D eigenvalue weighted by Crippen LogP contribution is -2.26. The molecule has 1 heterocycles. The molecular formula is C21H24N2O. The van der Waals surface area contributed by atoms with E-state index in [1.54, 1.807) is 0 Å². The maximum absolute atomic E-state index is 12.2. The second-order valence-electron chi connectivity index (χ2n) is 6.41. The first-order chi connectivity index (χ1) is 11.6. The number of amides is 1. The maximum Gasteiger partial charge on any atom is 0.220 e. The number of H-pyrrole nitrogens is 1. The largest absolute Gasteiger partial charge is 0.361 e. The lowest BCUT2D eigenvalue weighted by atomic mass is 10.1. The molecule has 1 atom stereocenters. The van der Waals surface area contributed by atoms with Gasteiger partial charge in [0.15, 0.2) is 0 Å². The van der Waals surface area contributed by atoms with Crippen LogP contribution in [0.25, 0.3) is 10.9 Å². The summed E-state index contributed by atoms with van der Waals surface area (Å²) in [7, 11) is 0. The van der Waals surface area contributed by atoms with Crippen LogP contribution in [0.2, 0.25) is 0 Å². The van der Waals surface area contributed by atoms with Gasteiger partial charge in [0.25, 0.3) is 0 Å².